The number of ketones is 1. The maximum absolute atomic E-state index is 11.9. The van der Waals surface area contributed by atoms with Gasteiger partial charge in [-0.05, 0) is 0 Å². The van der Waals surface area contributed by atoms with Gasteiger partial charge in [-0.3, -0.25) is 4.79 Å². The van der Waals surface area contributed by atoms with Crippen LogP contribution in [0.2, 0.25) is 0 Å². The molecule has 0 radical (unpaired) electrons. The molecule has 0 aromatic heterocycles. The van der Waals surface area contributed by atoms with Crippen molar-refractivity contribution in [3.05, 3.63) is 47.0 Å². The number of thioether (sulfide) groups is 1. The fraction of sp³-hybridized carbons (Fsp3) is 0.308. The second-order valence-electron chi connectivity index (χ2n) is 4.02. The van der Waals surface area contributed by atoms with Crippen LogP contribution < -0.4 is 0 Å². The highest BCUT2D eigenvalue weighted by Gasteiger charge is 2.21. The molecule has 1 saturated heterocycles. The molecule has 0 bridgehead atoms. The Labute approximate surface area is 100 Å². The van der Waals surface area contributed by atoms with Crippen molar-refractivity contribution in [3.8, 4) is 0 Å². The first-order valence-corrected chi connectivity index (χ1v) is 6.23. The van der Waals surface area contributed by atoms with E-state index in [1.807, 2.05) is 37.4 Å². The number of allylic oxidation sites excluding steroid dienone is 1. The van der Waals surface area contributed by atoms with E-state index in [2.05, 4.69) is 11.8 Å². The van der Waals surface area contributed by atoms with Crippen LogP contribution in [0.5, 0.6) is 0 Å². The van der Waals surface area contributed by atoms with Crippen molar-refractivity contribution in [3.63, 3.8) is 0 Å². The molecule has 2 nitrogen and oxygen atoms in total. The summed E-state index contributed by atoms with van der Waals surface area (Å²) < 4.78 is 0. The summed E-state index contributed by atoms with van der Waals surface area (Å²) in [7, 11) is 2.03. The van der Waals surface area contributed by atoms with Gasteiger partial charge in [0, 0.05) is 30.5 Å². The molecule has 3 heteroatoms. The molecule has 0 aliphatic carbocycles. The van der Waals surface area contributed by atoms with Gasteiger partial charge in [-0.2, -0.15) is 0 Å². The van der Waals surface area contributed by atoms with Gasteiger partial charge in [0.05, 0.1) is 5.03 Å². The van der Waals surface area contributed by atoms with Crippen molar-refractivity contribution in [2.75, 3.05) is 13.6 Å². The third-order valence-electron chi connectivity index (χ3n) is 2.54. The largest absolute Gasteiger partial charge is 0.368 e. The standard InChI is InChI=1S/C13H15NOS/c1-10-9-14(2)13(16-10)8-12(15)11-6-4-3-5-7-11/h3-8,10H,9H2,1-2H3/b13-8+. The normalized spacial score (nSPS) is 22.8. The molecule has 16 heavy (non-hydrogen) atoms. The van der Waals surface area contributed by atoms with Crippen molar-refractivity contribution < 1.29 is 4.79 Å². The molecule has 1 atom stereocenters. The zero-order valence-corrected chi connectivity index (χ0v) is 10.3. The number of hydrogen-bond acceptors (Lipinski definition) is 3. The van der Waals surface area contributed by atoms with Crippen LogP contribution in [0.15, 0.2) is 41.4 Å². The summed E-state index contributed by atoms with van der Waals surface area (Å²) >= 11 is 1.76. The first-order chi connectivity index (χ1) is 7.66. The van der Waals surface area contributed by atoms with E-state index in [1.165, 1.54) is 0 Å². The van der Waals surface area contributed by atoms with Crippen LogP contribution in [-0.2, 0) is 0 Å². The minimum absolute atomic E-state index is 0.0871. The smallest absolute Gasteiger partial charge is 0.188 e. The van der Waals surface area contributed by atoms with Gasteiger partial charge in [-0.1, -0.05) is 37.3 Å². The minimum atomic E-state index is 0.0871. The molecule has 1 aromatic rings. The molecule has 2 rings (SSSR count). The lowest BCUT2D eigenvalue weighted by molar-refractivity contribution is 0.104. The predicted molar refractivity (Wildman–Crippen MR) is 68.5 cm³/mol. The Hall–Kier alpha value is -1.22. The summed E-state index contributed by atoms with van der Waals surface area (Å²) in [5.74, 6) is 0.0871. The highest BCUT2D eigenvalue weighted by Crippen LogP contribution is 2.32. The van der Waals surface area contributed by atoms with Crippen LogP contribution in [0.1, 0.15) is 17.3 Å². The monoisotopic (exact) mass is 233 g/mol. The maximum Gasteiger partial charge on any atom is 0.188 e. The molecule has 1 aliphatic heterocycles. The summed E-state index contributed by atoms with van der Waals surface area (Å²) in [6, 6.07) is 9.40. The van der Waals surface area contributed by atoms with E-state index in [0.717, 1.165) is 17.1 Å². The van der Waals surface area contributed by atoms with E-state index >= 15 is 0 Å². The van der Waals surface area contributed by atoms with E-state index < -0.39 is 0 Å². The van der Waals surface area contributed by atoms with Gasteiger partial charge in [0.2, 0.25) is 0 Å². The third-order valence-corrected chi connectivity index (χ3v) is 3.76. The molecule has 1 aromatic carbocycles. The lowest BCUT2D eigenvalue weighted by Gasteiger charge is -2.10. The Morgan fingerprint density at radius 1 is 1.44 bits per heavy atom. The molecular weight excluding hydrogens is 218 g/mol. The van der Waals surface area contributed by atoms with Crippen LogP contribution in [0.3, 0.4) is 0 Å². The molecule has 0 amide bonds. The van der Waals surface area contributed by atoms with Crippen molar-refractivity contribution >= 4 is 17.5 Å². The Morgan fingerprint density at radius 2 is 2.12 bits per heavy atom. The van der Waals surface area contributed by atoms with Crippen molar-refractivity contribution in [1.29, 1.82) is 0 Å². The van der Waals surface area contributed by atoms with Gasteiger partial charge in [0.1, 0.15) is 0 Å². The zero-order chi connectivity index (χ0) is 11.5. The summed E-state index contributed by atoms with van der Waals surface area (Å²) in [5, 5.41) is 1.64. The second kappa shape index (κ2) is 4.74. The van der Waals surface area contributed by atoms with Crippen molar-refractivity contribution in [1.82, 2.24) is 4.90 Å². The number of carbonyl (C=O) groups is 1. The molecular formula is C13H15NOS. The van der Waals surface area contributed by atoms with Gasteiger partial charge in [-0.15, -0.1) is 11.8 Å². The Kier molecular flexibility index (Phi) is 3.34. The second-order valence-corrected chi connectivity index (χ2v) is 5.48. The van der Waals surface area contributed by atoms with Crippen LogP contribution in [0.25, 0.3) is 0 Å². The lowest BCUT2D eigenvalue weighted by atomic mass is 10.1. The number of hydrogen-bond donors (Lipinski definition) is 0. The summed E-state index contributed by atoms with van der Waals surface area (Å²) in [4.78, 5) is 14.1. The third kappa shape index (κ3) is 2.47. The van der Waals surface area contributed by atoms with E-state index in [0.29, 0.717) is 5.25 Å². The van der Waals surface area contributed by atoms with Crippen LogP contribution in [0.4, 0.5) is 0 Å². The fourth-order valence-electron chi connectivity index (χ4n) is 1.75. The quantitative estimate of drug-likeness (QED) is 0.578. The topological polar surface area (TPSA) is 20.3 Å². The van der Waals surface area contributed by atoms with Gasteiger partial charge in [0.15, 0.2) is 5.78 Å². The average molecular weight is 233 g/mol. The SMILES string of the molecule is CC1CN(C)/C(=C\C(=O)c2ccccc2)S1. The van der Waals surface area contributed by atoms with Gasteiger partial charge >= 0.3 is 0 Å². The summed E-state index contributed by atoms with van der Waals surface area (Å²) in [6.45, 7) is 3.19. The molecule has 84 valence electrons. The summed E-state index contributed by atoms with van der Waals surface area (Å²) in [5.41, 5.74) is 0.753. The molecule has 1 heterocycles. The van der Waals surface area contributed by atoms with Crippen molar-refractivity contribution in [2.24, 2.45) is 0 Å². The van der Waals surface area contributed by atoms with E-state index in [9.17, 15) is 4.79 Å². The Balaban J connectivity index is 2.16. The fourth-order valence-corrected chi connectivity index (χ4v) is 2.89. The molecule has 0 saturated carbocycles. The average Bonchev–Trinajstić information content (AvgIpc) is 2.59. The van der Waals surface area contributed by atoms with Crippen molar-refractivity contribution in [2.45, 2.75) is 12.2 Å². The molecule has 1 aliphatic rings. The highest BCUT2D eigenvalue weighted by atomic mass is 32.2. The van der Waals surface area contributed by atoms with Gasteiger partial charge in [-0.25, -0.2) is 0 Å². The maximum atomic E-state index is 11.9. The molecule has 0 N–H and O–H groups in total. The van der Waals surface area contributed by atoms with Gasteiger partial charge in [0.25, 0.3) is 0 Å². The number of nitrogens with zero attached hydrogens (tertiary/aromatic N) is 1. The minimum Gasteiger partial charge on any atom is -0.368 e. The lowest BCUT2D eigenvalue weighted by Crippen LogP contribution is -2.14. The van der Waals surface area contributed by atoms with Gasteiger partial charge < -0.3 is 4.90 Å². The predicted octanol–water partition coefficient (Wildman–Crippen LogP) is 2.78. The van der Waals surface area contributed by atoms with Crippen LogP contribution in [-0.4, -0.2) is 29.5 Å². The molecule has 1 unspecified atom stereocenters. The van der Waals surface area contributed by atoms with E-state index in [-0.39, 0.29) is 5.78 Å². The number of benzene rings is 1. The Bertz CT molecular complexity index is 413. The van der Waals surface area contributed by atoms with E-state index in [4.69, 9.17) is 0 Å². The van der Waals surface area contributed by atoms with E-state index in [1.54, 1.807) is 17.8 Å². The summed E-state index contributed by atoms with van der Waals surface area (Å²) in [6.07, 6.45) is 1.74. The first-order valence-electron chi connectivity index (χ1n) is 5.35. The van der Waals surface area contributed by atoms with Crippen LogP contribution in [0, 0.1) is 0 Å². The highest BCUT2D eigenvalue weighted by molar-refractivity contribution is 8.03. The molecule has 1 fully saturated rings. The Morgan fingerprint density at radius 3 is 2.69 bits per heavy atom. The molecule has 0 spiro atoms. The number of carbonyl (C=O) groups excluding carboxylic acids is 1. The number of rotatable bonds is 2. The zero-order valence-electron chi connectivity index (χ0n) is 9.51. The first kappa shape index (κ1) is 11.3. The van der Waals surface area contributed by atoms with Crippen LogP contribution >= 0.6 is 11.8 Å².